The number of hydrogen-bond donors (Lipinski definition) is 2. The number of benzene rings is 3. The quantitative estimate of drug-likeness (QED) is 0.306. The summed E-state index contributed by atoms with van der Waals surface area (Å²) in [6.07, 6.45) is 3.17. The minimum atomic E-state index is -0.495. The molecule has 6 atom stereocenters. The fourth-order valence-corrected chi connectivity index (χ4v) is 8.02. The van der Waals surface area contributed by atoms with Gasteiger partial charge in [0.2, 0.25) is 0 Å². The number of nitrogens with zero attached hydrogens (tertiary/aromatic N) is 1. The van der Waals surface area contributed by atoms with Gasteiger partial charge in [-0.2, -0.15) is 0 Å². The first-order valence-electron chi connectivity index (χ1n) is 15.8. The summed E-state index contributed by atoms with van der Waals surface area (Å²) in [5, 5.41) is 12.6. The van der Waals surface area contributed by atoms with Crippen LogP contribution in [-0.2, 0) is 22.6 Å². The molecule has 2 heterocycles. The number of ether oxygens (including phenoxy) is 2. The molecular formula is C37H46N2O4. The molecule has 1 aliphatic carbocycles. The molecule has 1 saturated carbocycles. The van der Waals surface area contributed by atoms with Gasteiger partial charge in [-0.3, -0.25) is 9.69 Å². The Kier molecular flexibility index (Phi) is 8.49. The Morgan fingerprint density at radius 1 is 0.907 bits per heavy atom. The number of carbonyl (C=O) groups excluding carboxylic acids is 1. The fourth-order valence-electron chi connectivity index (χ4n) is 8.02. The highest BCUT2D eigenvalue weighted by molar-refractivity contribution is 5.94. The minimum absolute atomic E-state index is 0.0113. The molecule has 0 aromatic heterocycles. The largest absolute Gasteiger partial charge is 0.392 e. The van der Waals surface area contributed by atoms with Crippen molar-refractivity contribution in [3.63, 3.8) is 0 Å². The molecule has 228 valence electrons. The molecule has 43 heavy (non-hydrogen) atoms. The predicted octanol–water partition coefficient (Wildman–Crippen LogP) is 6.80. The van der Waals surface area contributed by atoms with Crippen LogP contribution in [0.25, 0.3) is 0 Å². The van der Waals surface area contributed by atoms with Gasteiger partial charge < -0.3 is 19.9 Å². The molecule has 2 unspecified atom stereocenters. The second-order valence-corrected chi connectivity index (χ2v) is 14.3. The number of aliphatic hydroxyl groups is 1. The third kappa shape index (κ3) is 6.73. The van der Waals surface area contributed by atoms with E-state index in [1.807, 2.05) is 54.6 Å². The zero-order valence-electron chi connectivity index (χ0n) is 26.0. The lowest BCUT2D eigenvalue weighted by Crippen LogP contribution is -2.46. The zero-order chi connectivity index (χ0) is 30.2. The molecule has 2 saturated heterocycles. The summed E-state index contributed by atoms with van der Waals surface area (Å²) in [7, 11) is 0. The Morgan fingerprint density at radius 3 is 2.28 bits per heavy atom. The summed E-state index contributed by atoms with van der Waals surface area (Å²) >= 11 is 0. The standard InChI is InChI=1S/C37H46N2O4/c1-25-32(21-39-24-37(4)19-31(39)18-36(2,3)23-37)42-35(43-33(25)28-14-12-27(22-40)13-15-28)30-16-10-26(11-17-30)20-38-34(41)29-8-6-5-7-9-29/h5-17,25,31-33,35,40H,18-24H2,1-4H3,(H,38,41)/t25-,31?,32+,33+,35+,37?/m0/s1. The van der Waals surface area contributed by atoms with Crippen LogP contribution in [0.2, 0.25) is 0 Å². The van der Waals surface area contributed by atoms with Gasteiger partial charge in [0.15, 0.2) is 6.29 Å². The molecule has 3 aromatic carbocycles. The molecule has 3 aliphatic rings. The molecule has 2 N–H and O–H groups in total. The van der Waals surface area contributed by atoms with Gasteiger partial charge in [0.1, 0.15) is 0 Å². The maximum Gasteiger partial charge on any atom is 0.251 e. The first-order valence-corrected chi connectivity index (χ1v) is 15.8. The van der Waals surface area contributed by atoms with Gasteiger partial charge in [-0.25, -0.2) is 0 Å². The van der Waals surface area contributed by atoms with Gasteiger partial charge in [-0.05, 0) is 58.9 Å². The topological polar surface area (TPSA) is 71.0 Å². The minimum Gasteiger partial charge on any atom is -0.392 e. The van der Waals surface area contributed by atoms with Gasteiger partial charge >= 0.3 is 0 Å². The van der Waals surface area contributed by atoms with E-state index in [0.29, 0.717) is 29.0 Å². The second kappa shape index (κ2) is 12.2. The van der Waals surface area contributed by atoms with Gasteiger partial charge in [-0.1, -0.05) is 94.4 Å². The average molecular weight is 583 g/mol. The number of nitrogens with one attached hydrogen (secondary N) is 1. The van der Waals surface area contributed by atoms with Crippen molar-refractivity contribution in [2.24, 2.45) is 16.7 Å². The highest BCUT2D eigenvalue weighted by Gasteiger charge is 2.51. The lowest BCUT2D eigenvalue weighted by Gasteiger charge is -2.43. The van der Waals surface area contributed by atoms with E-state index in [0.717, 1.165) is 35.3 Å². The normalized spacial score (nSPS) is 30.2. The first kappa shape index (κ1) is 30.0. The summed E-state index contributed by atoms with van der Waals surface area (Å²) in [6, 6.07) is 26.2. The molecule has 0 radical (unpaired) electrons. The van der Waals surface area contributed by atoms with E-state index >= 15 is 0 Å². The third-order valence-corrected chi connectivity index (χ3v) is 9.80. The second-order valence-electron chi connectivity index (χ2n) is 14.3. The van der Waals surface area contributed by atoms with Crippen molar-refractivity contribution in [2.45, 2.75) is 84.6 Å². The van der Waals surface area contributed by atoms with Gasteiger partial charge in [0.05, 0.1) is 18.8 Å². The number of fused-ring (bicyclic) bond motifs is 2. The first-order chi connectivity index (χ1) is 20.6. The van der Waals surface area contributed by atoms with Crippen LogP contribution >= 0.6 is 0 Å². The molecule has 2 aliphatic heterocycles. The van der Waals surface area contributed by atoms with Gasteiger partial charge in [-0.15, -0.1) is 0 Å². The maximum atomic E-state index is 12.5. The van der Waals surface area contributed by atoms with Crippen molar-refractivity contribution in [2.75, 3.05) is 13.1 Å². The van der Waals surface area contributed by atoms with E-state index < -0.39 is 6.29 Å². The number of rotatable bonds is 8. The lowest BCUT2D eigenvalue weighted by atomic mass is 9.65. The van der Waals surface area contributed by atoms with Crippen LogP contribution in [0.15, 0.2) is 78.9 Å². The molecule has 6 heteroatoms. The van der Waals surface area contributed by atoms with Crippen molar-refractivity contribution in [1.82, 2.24) is 10.2 Å². The van der Waals surface area contributed by atoms with E-state index in [1.165, 1.54) is 19.3 Å². The predicted molar refractivity (Wildman–Crippen MR) is 168 cm³/mol. The van der Waals surface area contributed by atoms with E-state index in [9.17, 15) is 9.90 Å². The number of amides is 1. The molecule has 1 amide bonds. The summed E-state index contributed by atoms with van der Waals surface area (Å²) in [4.78, 5) is 15.2. The molecule has 3 aromatic rings. The molecule has 3 fully saturated rings. The Hall–Kier alpha value is -3.03. The van der Waals surface area contributed by atoms with E-state index in [-0.39, 0.29) is 30.6 Å². The average Bonchev–Trinajstić information content (AvgIpc) is 3.24. The monoisotopic (exact) mass is 582 g/mol. The third-order valence-electron chi connectivity index (χ3n) is 9.80. The van der Waals surface area contributed by atoms with Gasteiger partial charge in [0.25, 0.3) is 5.91 Å². The van der Waals surface area contributed by atoms with Crippen molar-refractivity contribution < 1.29 is 19.4 Å². The Balaban J connectivity index is 1.19. The molecule has 6 nitrogen and oxygen atoms in total. The van der Waals surface area contributed by atoms with Crippen LogP contribution < -0.4 is 5.32 Å². The van der Waals surface area contributed by atoms with Crippen molar-refractivity contribution in [1.29, 1.82) is 0 Å². The van der Waals surface area contributed by atoms with E-state index in [2.05, 4.69) is 62.2 Å². The van der Waals surface area contributed by atoms with E-state index in [1.54, 1.807) is 0 Å². The highest BCUT2D eigenvalue weighted by Crippen LogP contribution is 2.53. The number of carbonyl (C=O) groups is 1. The summed E-state index contributed by atoms with van der Waals surface area (Å²) < 4.78 is 13.5. The highest BCUT2D eigenvalue weighted by atomic mass is 16.7. The molecule has 2 bridgehead atoms. The van der Waals surface area contributed by atoms with Crippen molar-refractivity contribution in [3.8, 4) is 0 Å². The van der Waals surface area contributed by atoms with Crippen LogP contribution in [0.5, 0.6) is 0 Å². The Labute approximate surface area is 256 Å². The number of hydrogen-bond acceptors (Lipinski definition) is 5. The fraction of sp³-hybridized carbons (Fsp3) is 0.486. The number of aliphatic hydroxyl groups excluding tert-OH is 1. The summed E-state index contributed by atoms with van der Waals surface area (Å²) in [6.45, 7) is 12.1. The molecule has 6 rings (SSSR count). The SMILES string of the molecule is C[C@H]1[C@@H](CN2CC3(C)CC2CC(C)(C)C3)O[C@@H](c2ccc(CNC(=O)c3ccccc3)cc2)O[C@H]1c1ccc(CO)cc1. The van der Waals surface area contributed by atoms with Crippen molar-refractivity contribution in [3.05, 3.63) is 107 Å². The maximum absolute atomic E-state index is 12.5. The van der Waals surface area contributed by atoms with E-state index in [4.69, 9.17) is 9.47 Å². The number of likely N-dealkylation sites (tertiary alicyclic amines) is 1. The van der Waals surface area contributed by atoms with Crippen LogP contribution in [0.1, 0.15) is 92.0 Å². The summed E-state index contributed by atoms with van der Waals surface area (Å²) in [5.74, 6) is 0.0733. The Morgan fingerprint density at radius 2 is 1.58 bits per heavy atom. The Bertz CT molecular complexity index is 1390. The van der Waals surface area contributed by atoms with Crippen LogP contribution in [0.4, 0.5) is 0 Å². The lowest BCUT2D eigenvalue weighted by molar-refractivity contribution is -0.276. The molecule has 0 spiro atoms. The molecular weight excluding hydrogens is 536 g/mol. The van der Waals surface area contributed by atoms with Crippen LogP contribution in [-0.4, -0.2) is 41.1 Å². The van der Waals surface area contributed by atoms with Crippen molar-refractivity contribution >= 4 is 5.91 Å². The zero-order valence-corrected chi connectivity index (χ0v) is 26.0. The smallest absolute Gasteiger partial charge is 0.251 e. The van der Waals surface area contributed by atoms with Crippen LogP contribution in [0, 0.1) is 16.7 Å². The van der Waals surface area contributed by atoms with Gasteiger partial charge in [0, 0.05) is 42.7 Å². The summed E-state index contributed by atoms with van der Waals surface area (Å²) in [5.41, 5.74) is 5.39. The van der Waals surface area contributed by atoms with Crippen LogP contribution in [0.3, 0.4) is 0 Å².